The zero-order chi connectivity index (χ0) is 27.0. The SMILES string of the molecule is COC[C@]12CC(C)C1C(c1cc(NC(=O)c3cnc(OCc4noc(C)n4)cn3)cc(F)c1F)N=C(N)S2. The summed E-state index contributed by atoms with van der Waals surface area (Å²) in [5.41, 5.74) is 6.11. The number of nitrogens with one attached hydrogen (secondary N) is 1. The highest BCUT2D eigenvalue weighted by Crippen LogP contribution is 2.61. The molecule has 11 nitrogen and oxygen atoms in total. The lowest BCUT2D eigenvalue weighted by atomic mass is 9.60. The van der Waals surface area contributed by atoms with Crippen molar-refractivity contribution in [1.82, 2.24) is 20.1 Å². The van der Waals surface area contributed by atoms with Crippen LogP contribution in [0, 0.1) is 30.4 Å². The van der Waals surface area contributed by atoms with Crippen molar-refractivity contribution in [2.24, 2.45) is 22.6 Å². The average molecular weight is 546 g/mol. The summed E-state index contributed by atoms with van der Waals surface area (Å²) in [6, 6.07) is 1.57. The fraction of sp³-hybridized carbons (Fsp3) is 0.417. The van der Waals surface area contributed by atoms with Crippen LogP contribution in [-0.4, -0.2) is 49.6 Å². The van der Waals surface area contributed by atoms with Gasteiger partial charge in [-0.05, 0) is 18.4 Å². The molecular weight excluding hydrogens is 520 g/mol. The summed E-state index contributed by atoms with van der Waals surface area (Å²) in [4.78, 5) is 29.4. The van der Waals surface area contributed by atoms with Crippen molar-refractivity contribution in [3.05, 3.63) is 59.1 Å². The molecule has 3 N–H and O–H groups in total. The third kappa shape index (κ3) is 4.92. The number of methoxy groups -OCH3 is 1. The number of hydrogen-bond donors (Lipinski definition) is 2. The van der Waals surface area contributed by atoms with E-state index in [9.17, 15) is 9.18 Å². The van der Waals surface area contributed by atoms with Gasteiger partial charge in [-0.25, -0.2) is 18.7 Å². The monoisotopic (exact) mass is 545 g/mol. The van der Waals surface area contributed by atoms with E-state index < -0.39 is 23.6 Å². The number of rotatable bonds is 8. The smallest absolute Gasteiger partial charge is 0.275 e. The summed E-state index contributed by atoms with van der Waals surface area (Å²) in [6.07, 6.45) is 3.27. The molecule has 2 aliphatic rings. The predicted molar refractivity (Wildman–Crippen MR) is 134 cm³/mol. The summed E-state index contributed by atoms with van der Waals surface area (Å²) >= 11 is 1.42. The van der Waals surface area contributed by atoms with Crippen molar-refractivity contribution in [3.63, 3.8) is 0 Å². The summed E-state index contributed by atoms with van der Waals surface area (Å²) in [7, 11) is 1.60. The van der Waals surface area contributed by atoms with Crippen molar-refractivity contribution < 1.29 is 27.6 Å². The number of nitrogens with zero attached hydrogens (tertiary/aromatic N) is 5. The van der Waals surface area contributed by atoms with Crippen molar-refractivity contribution >= 4 is 28.5 Å². The van der Waals surface area contributed by atoms with Gasteiger partial charge >= 0.3 is 0 Å². The van der Waals surface area contributed by atoms with E-state index in [0.717, 1.165) is 12.5 Å². The van der Waals surface area contributed by atoms with Gasteiger partial charge in [-0.15, -0.1) is 0 Å². The van der Waals surface area contributed by atoms with Crippen LogP contribution in [0.3, 0.4) is 0 Å². The highest BCUT2D eigenvalue weighted by Gasteiger charge is 2.59. The number of hydrogen-bond acceptors (Lipinski definition) is 11. The third-order valence-electron chi connectivity index (χ3n) is 6.60. The Morgan fingerprint density at radius 2 is 2.13 bits per heavy atom. The molecule has 200 valence electrons. The Morgan fingerprint density at radius 3 is 2.79 bits per heavy atom. The second-order valence-electron chi connectivity index (χ2n) is 9.29. The number of nitrogens with two attached hydrogens (primary N) is 1. The molecule has 0 bridgehead atoms. The fourth-order valence-electron chi connectivity index (χ4n) is 5.16. The van der Waals surface area contributed by atoms with E-state index in [1.54, 1.807) is 14.0 Å². The predicted octanol–water partition coefficient (Wildman–Crippen LogP) is 3.42. The first-order chi connectivity index (χ1) is 18.2. The van der Waals surface area contributed by atoms with E-state index in [1.807, 2.05) is 6.92 Å². The molecule has 1 aliphatic heterocycles. The van der Waals surface area contributed by atoms with Crippen molar-refractivity contribution in [2.75, 3.05) is 19.0 Å². The maximum Gasteiger partial charge on any atom is 0.275 e. The largest absolute Gasteiger partial charge is 0.468 e. The van der Waals surface area contributed by atoms with Crippen LogP contribution in [0.2, 0.25) is 0 Å². The second kappa shape index (κ2) is 10.3. The Labute approximate surface area is 220 Å². The first-order valence-electron chi connectivity index (χ1n) is 11.7. The van der Waals surface area contributed by atoms with Crippen LogP contribution >= 0.6 is 11.8 Å². The number of aryl methyl sites for hydroxylation is 1. The molecule has 3 aromatic rings. The van der Waals surface area contributed by atoms with E-state index in [4.69, 9.17) is 19.7 Å². The number of benzene rings is 1. The Hall–Kier alpha value is -3.65. The normalized spacial score (nSPS) is 24.2. The minimum Gasteiger partial charge on any atom is -0.468 e. The minimum atomic E-state index is -1.11. The van der Waals surface area contributed by atoms with E-state index in [2.05, 4.69) is 30.4 Å². The number of thioether (sulfide) groups is 1. The maximum atomic E-state index is 15.1. The lowest BCUT2D eigenvalue weighted by Gasteiger charge is -2.57. The number of amidine groups is 1. The lowest BCUT2D eigenvalue weighted by Crippen LogP contribution is -2.58. The quantitative estimate of drug-likeness (QED) is 0.431. The topological polar surface area (TPSA) is 151 Å². The van der Waals surface area contributed by atoms with Crippen LogP contribution < -0.4 is 15.8 Å². The van der Waals surface area contributed by atoms with Crippen LogP contribution in [0.15, 0.2) is 34.0 Å². The number of aromatic nitrogens is 4. The molecule has 1 aliphatic carbocycles. The summed E-state index contributed by atoms with van der Waals surface area (Å²) in [6.45, 7) is 4.11. The molecule has 3 heterocycles. The standard InChI is InChI=1S/C24H25F2N7O4S/c1-11-6-24(10-35-3)19(11)21(32-23(27)38-24)14-4-13(5-15(25)20(14)26)31-22(34)16-7-29-18(8-28-16)36-9-17-30-12(2)37-33-17/h4-5,7-8,11,19,21H,6,9-10H2,1-3H3,(H2,27,32)(H,31,34)/t11?,19?,21?,24-/m1/s1. The second-order valence-corrected chi connectivity index (χ2v) is 10.7. The van der Waals surface area contributed by atoms with Crippen molar-refractivity contribution in [2.45, 2.75) is 37.7 Å². The number of fused-ring (bicyclic) bond motifs is 1. The van der Waals surface area contributed by atoms with E-state index >= 15 is 4.39 Å². The number of halogens is 2. The van der Waals surface area contributed by atoms with Gasteiger partial charge in [0, 0.05) is 37.3 Å². The van der Waals surface area contributed by atoms with Gasteiger partial charge in [-0.2, -0.15) is 4.98 Å². The van der Waals surface area contributed by atoms with Crippen molar-refractivity contribution in [1.29, 1.82) is 0 Å². The molecule has 1 aromatic carbocycles. The average Bonchev–Trinajstić information content (AvgIpc) is 3.29. The van der Waals surface area contributed by atoms with Crippen LogP contribution in [0.1, 0.15) is 47.2 Å². The molecule has 3 unspecified atom stereocenters. The number of amides is 1. The first kappa shape index (κ1) is 26.0. The molecule has 0 radical (unpaired) electrons. The van der Waals surface area contributed by atoms with Crippen LogP contribution in [0.25, 0.3) is 0 Å². The Morgan fingerprint density at radius 1 is 1.32 bits per heavy atom. The zero-order valence-corrected chi connectivity index (χ0v) is 21.6. The van der Waals surface area contributed by atoms with Gasteiger partial charge in [-0.3, -0.25) is 9.79 Å². The molecular formula is C24H25F2N7O4S. The third-order valence-corrected chi connectivity index (χ3v) is 7.88. The summed E-state index contributed by atoms with van der Waals surface area (Å²) in [5, 5.41) is 6.55. The van der Waals surface area contributed by atoms with Gasteiger partial charge in [0.1, 0.15) is 5.69 Å². The van der Waals surface area contributed by atoms with Gasteiger partial charge in [0.2, 0.25) is 17.6 Å². The molecule has 0 saturated heterocycles. The van der Waals surface area contributed by atoms with Crippen LogP contribution in [0.5, 0.6) is 5.88 Å². The van der Waals surface area contributed by atoms with E-state index in [-0.39, 0.29) is 51.2 Å². The van der Waals surface area contributed by atoms with Crippen LogP contribution in [-0.2, 0) is 11.3 Å². The van der Waals surface area contributed by atoms with Gasteiger partial charge in [0.05, 0.1) is 29.8 Å². The Balaban J connectivity index is 1.33. The number of ether oxygens (including phenoxy) is 2. The lowest BCUT2D eigenvalue weighted by molar-refractivity contribution is 0.0250. The van der Waals surface area contributed by atoms with Gasteiger partial charge in [0.15, 0.2) is 23.4 Å². The molecule has 0 spiro atoms. The minimum absolute atomic E-state index is 0.00709. The highest BCUT2D eigenvalue weighted by atomic mass is 32.2. The molecule has 4 atom stereocenters. The Kier molecular flexibility index (Phi) is 7.01. The number of aliphatic imine (C=N–C) groups is 1. The number of carbonyl (C=O) groups is 1. The summed E-state index contributed by atoms with van der Waals surface area (Å²) in [5.74, 6) is -1.85. The van der Waals surface area contributed by atoms with Gasteiger partial charge in [0.25, 0.3) is 5.91 Å². The van der Waals surface area contributed by atoms with E-state index in [0.29, 0.717) is 18.3 Å². The molecule has 38 heavy (non-hydrogen) atoms. The Bertz CT molecular complexity index is 1380. The van der Waals surface area contributed by atoms with Gasteiger partial charge < -0.3 is 25.0 Å². The summed E-state index contributed by atoms with van der Waals surface area (Å²) < 4.78 is 45.1. The number of anilines is 1. The van der Waals surface area contributed by atoms with Crippen molar-refractivity contribution in [3.8, 4) is 5.88 Å². The molecule has 5 rings (SSSR count). The van der Waals surface area contributed by atoms with E-state index in [1.165, 1.54) is 30.2 Å². The molecule has 1 saturated carbocycles. The maximum absolute atomic E-state index is 15.1. The highest BCUT2D eigenvalue weighted by molar-refractivity contribution is 8.15. The molecule has 14 heteroatoms. The molecule has 2 aromatic heterocycles. The molecule has 1 fully saturated rings. The van der Waals surface area contributed by atoms with Crippen LogP contribution in [0.4, 0.5) is 14.5 Å². The fourth-order valence-corrected chi connectivity index (χ4v) is 6.76. The number of carbonyl (C=O) groups excluding carboxylic acids is 1. The zero-order valence-electron chi connectivity index (χ0n) is 20.8. The van der Waals surface area contributed by atoms with Gasteiger partial charge in [-0.1, -0.05) is 23.8 Å². The first-order valence-corrected chi connectivity index (χ1v) is 12.6. The molecule has 1 amide bonds.